The normalized spacial score (nSPS) is 15.7. The Balaban J connectivity index is 2.19. The third-order valence-electron chi connectivity index (χ3n) is 4.11. The van der Waals surface area contributed by atoms with E-state index in [9.17, 15) is 4.79 Å². The zero-order chi connectivity index (χ0) is 21.1. The van der Waals surface area contributed by atoms with Crippen LogP contribution in [0.4, 0.5) is 22.4 Å². The molecule has 0 saturated heterocycles. The lowest BCUT2D eigenvalue weighted by Crippen LogP contribution is -2.27. The molecule has 9 nitrogen and oxygen atoms in total. The minimum absolute atomic E-state index is 0.0129. The minimum atomic E-state index is -0.851. The van der Waals surface area contributed by atoms with Crippen molar-refractivity contribution in [1.29, 1.82) is 0 Å². The first kappa shape index (κ1) is 20.7. The third-order valence-corrected chi connectivity index (χ3v) is 4.34. The Morgan fingerprint density at radius 1 is 1.31 bits per heavy atom. The van der Waals surface area contributed by atoms with Crippen molar-refractivity contribution in [3.05, 3.63) is 51.9 Å². The molecular weight excluding hydrogens is 398 g/mol. The SMILES string of the molecule is COCC1=C(OC(=O)OC(C)C)C(c2cccc(Cl)c2)c2c(N)nc(N)nc2N1. The Morgan fingerprint density at radius 3 is 2.72 bits per heavy atom. The van der Waals surface area contributed by atoms with Crippen molar-refractivity contribution in [2.45, 2.75) is 25.9 Å². The molecule has 0 aliphatic carbocycles. The van der Waals surface area contributed by atoms with Crippen molar-refractivity contribution in [2.75, 3.05) is 30.5 Å². The molecule has 5 N–H and O–H groups in total. The number of hydrogen-bond donors (Lipinski definition) is 3. The van der Waals surface area contributed by atoms with Gasteiger partial charge < -0.3 is 31.0 Å². The van der Waals surface area contributed by atoms with Crippen molar-refractivity contribution in [3.63, 3.8) is 0 Å². The second-order valence-electron chi connectivity index (χ2n) is 6.64. The van der Waals surface area contributed by atoms with Crippen molar-refractivity contribution in [2.24, 2.45) is 0 Å². The van der Waals surface area contributed by atoms with Crippen molar-refractivity contribution in [1.82, 2.24) is 9.97 Å². The average molecular weight is 420 g/mol. The smallest absolute Gasteiger partial charge is 0.431 e. The Kier molecular flexibility index (Phi) is 6.09. The molecule has 10 heteroatoms. The van der Waals surface area contributed by atoms with Crippen LogP contribution in [0.5, 0.6) is 0 Å². The van der Waals surface area contributed by atoms with E-state index in [1.165, 1.54) is 7.11 Å². The first-order valence-electron chi connectivity index (χ1n) is 8.86. The summed E-state index contributed by atoms with van der Waals surface area (Å²) in [6.45, 7) is 3.57. The Bertz CT molecular complexity index is 964. The summed E-state index contributed by atoms with van der Waals surface area (Å²) < 4.78 is 16.0. The fourth-order valence-corrected chi connectivity index (χ4v) is 3.28. The summed E-state index contributed by atoms with van der Waals surface area (Å²) in [5, 5.41) is 3.59. The average Bonchev–Trinajstić information content (AvgIpc) is 2.61. The number of nitrogens with two attached hydrogens (primary N) is 2. The Labute approximate surface area is 173 Å². The zero-order valence-corrected chi connectivity index (χ0v) is 17.0. The van der Waals surface area contributed by atoms with Gasteiger partial charge in [-0.3, -0.25) is 0 Å². The lowest BCUT2D eigenvalue weighted by atomic mass is 9.86. The number of allylic oxidation sites excluding steroid dienone is 1. The van der Waals surface area contributed by atoms with E-state index in [0.717, 1.165) is 5.56 Å². The van der Waals surface area contributed by atoms with Crippen LogP contribution in [-0.4, -0.2) is 35.9 Å². The van der Waals surface area contributed by atoms with Gasteiger partial charge in [-0.1, -0.05) is 23.7 Å². The maximum absolute atomic E-state index is 12.3. The second-order valence-corrected chi connectivity index (χ2v) is 7.07. The molecule has 0 saturated carbocycles. The predicted molar refractivity (Wildman–Crippen MR) is 109 cm³/mol. The highest BCUT2D eigenvalue weighted by Crippen LogP contribution is 2.44. The molecule has 0 bridgehead atoms. The monoisotopic (exact) mass is 419 g/mol. The summed E-state index contributed by atoms with van der Waals surface area (Å²) in [6.07, 6.45) is -1.20. The molecule has 1 aromatic heterocycles. The molecule has 1 aliphatic rings. The number of anilines is 3. The van der Waals surface area contributed by atoms with Crippen LogP contribution in [-0.2, 0) is 14.2 Å². The summed E-state index contributed by atoms with van der Waals surface area (Å²) in [5.74, 6) is 0.193. The van der Waals surface area contributed by atoms with Crippen LogP contribution >= 0.6 is 11.6 Å². The number of nitrogens with one attached hydrogen (secondary N) is 1. The van der Waals surface area contributed by atoms with E-state index in [1.807, 2.05) is 6.07 Å². The van der Waals surface area contributed by atoms with Crippen LogP contribution < -0.4 is 16.8 Å². The number of nitrogens with zero attached hydrogens (tertiary/aromatic N) is 2. The number of benzene rings is 1. The number of carbonyl (C=O) groups is 1. The van der Waals surface area contributed by atoms with Crippen LogP contribution in [0, 0.1) is 0 Å². The van der Waals surface area contributed by atoms with Gasteiger partial charge in [0.15, 0.2) is 0 Å². The molecule has 2 aromatic rings. The summed E-state index contributed by atoms with van der Waals surface area (Å²) in [5.41, 5.74) is 13.6. The highest BCUT2D eigenvalue weighted by molar-refractivity contribution is 6.30. The molecule has 0 fully saturated rings. The highest BCUT2D eigenvalue weighted by atomic mass is 35.5. The summed E-state index contributed by atoms with van der Waals surface area (Å²) >= 11 is 6.20. The number of aromatic nitrogens is 2. The fraction of sp³-hybridized carbons (Fsp3) is 0.316. The topological polar surface area (TPSA) is 135 Å². The maximum Gasteiger partial charge on any atom is 0.513 e. The van der Waals surface area contributed by atoms with Crippen LogP contribution in [0.25, 0.3) is 0 Å². The number of hydrogen-bond acceptors (Lipinski definition) is 9. The molecule has 0 radical (unpaired) electrons. The number of ether oxygens (including phenoxy) is 3. The number of halogens is 1. The first-order chi connectivity index (χ1) is 13.8. The van der Waals surface area contributed by atoms with E-state index in [4.69, 9.17) is 37.3 Å². The van der Waals surface area contributed by atoms with E-state index in [-0.39, 0.29) is 30.2 Å². The largest absolute Gasteiger partial charge is 0.513 e. The van der Waals surface area contributed by atoms with Gasteiger partial charge in [-0.25, -0.2) is 4.79 Å². The van der Waals surface area contributed by atoms with Crippen LogP contribution in [0.1, 0.15) is 30.9 Å². The molecule has 1 aromatic carbocycles. The zero-order valence-electron chi connectivity index (χ0n) is 16.2. The van der Waals surface area contributed by atoms with Gasteiger partial charge in [0.25, 0.3) is 0 Å². The molecule has 0 spiro atoms. The maximum atomic E-state index is 12.3. The molecule has 1 atom stereocenters. The van der Waals surface area contributed by atoms with E-state index in [2.05, 4.69) is 15.3 Å². The van der Waals surface area contributed by atoms with E-state index >= 15 is 0 Å². The van der Waals surface area contributed by atoms with Gasteiger partial charge in [0.05, 0.1) is 29.9 Å². The summed E-state index contributed by atoms with van der Waals surface area (Å²) in [6, 6.07) is 7.11. The Hall–Kier alpha value is -3.04. The number of rotatable bonds is 5. The van der Waals surface area contributed by atoms with Crippen LogP contribution in [0.2, 0.25) is 5.02 Å². The van der Waals surface area contributed by atoms with E-state index in [0.29, 0.717) is 22.1 Å². The van der Waals surface area contributed by atoms with Gasteiger partial charge in [0.2, 0.25) is 5.95 Å². The molecule has 154 valence electrons. The number of methoxy groups -OCH3 is 1. The van der Waals surface area contributed by atoms with E-state index < -0.39 is 12.1 Å². The Morgan fingerprint density at radius 2 is 2.07 bits per heavy atom. The van der Waals surface area contributed by atoms with Gasteiger partial charge >= 0.3 is 6.16 Å². The lowest BCUT2D eigenvalue weighted by Gasteiger charge is -2.31. The quantitative estimate of drug-likeness (QED) is 0.623. The van der Waals surface area contributed by atoms with Gasteiger partial charge in [-0.15, -0.1) is 0 Å². The number of nitrogen functional groups attached to an aromatic ring is 2. The van der Waals surface area contributed by atoms with E-state index in [1.54, 1.807) is 32.0 Å². The fourth-order valence-electron chi connectivity index (χ4n) is 3.08. The number of fused-ring (bicyclic) bond motifs is 1. The summed E-state index contributed by atoms with van der Waals surface area (Å²) in [7, 11) is 1.52. The molecule has 2 heterocycles. The minimum Gasteiger partial charge on any atom is -0.431 e. The molecule has 1 aliphatic heterocycles. The van der Waals surface area contributed by atoms with Crippen molar-refractivity contribution >= 4 is 35.3 Å². The standard InChI is InChI=1S/C19H22ClN5O4/c1-9(2)28-19(26)29-15-12(8-27-3)23-17-14(16(21)24-18(22)25-17)13(15)10-5-4-6-11(20)7-10/h4-7,9,13H,8H2,1-3H3,(H5,21,22,23,24,25). The molecule has 29 heavy (non-hydrogen) atoms. The molecular formula is C19H22ClN5O4. The van der Waals surface area contributed by atoms with Crippen molar-refractivity contribution < 1.29 is 19.0 Å². The van der Waals surface area contributed by atoms with Gasteiger partial charge in [0.1, 0.15) is 17.4 Å². The first-order valence-corrected chi connectivity index (χ1v) is 9.23. The third kappa shape index (κ3) is 4.52. The van der Waals surface area contributed by atoms with Crippen molar-refractivity contribution in [3.8, 4) is 0 Å². The highest BCUT2D eigenvalue weighted by Gasteiger charge is 2.36. The lowest BCUT2D eigenvalue weighted by molar-refractivity contribution is 0.0497. The van der Waals surface area contributed by atoms with Gasteiger partial charge in [0, 0.05) is 12.1 Å². The predicted octanol–water partition coefficient (Wildman–Crippen LogP) is 3.27. The van der Waals surface area contributed by atoms with Crippen LogP contribution in [0.15, 0.2) is 35.7 Å². The van der Waals surface area contributed by atoms with Gasteiger partial charge in [-0.2, -0.15) is 9.97 Å². The van der Waals surface area contributed by atoms with Crippen LogP contribution in [0.3, 0.4) is 0 Å². The number of carbonyl (C=O) groups excluding carboxylic acids is 1. The second kappa shape index (κ2) is 8.54. The molecule has 0 amide bonds. The molecule has 3 rings (SSSR count). The summed E-state index contributed by atoms with van der Waals surface area (Å²) in [4.78, 5) is 20.6. The molecule has 1 unspecified atom stereocenters. The van der Waals surface area contributed by atoms with Gasteiger partial charge in [-0.05, 0) is 31.5 Å².